The number of hydrogen-bond acceptors (Lipinski definition) is 0. The number of benzene rings is 2. The first kappa shape index (κ1) is 10.4. The fourth-order valence-corrected chi connectivity index (χ4v) is 2.71. The summed E-state index contributed by atoms with van der Waals surface area (Å²) in [5.74, 6) is 0. The lowest BCUT2D eigenvalue weighted by molar-refractivity contribution is 1.22. The first-order valence-corrected chi connectivity index (χ1v) is 6.48. The lowest BCUT2D eigenvalue weighted by Crippen LogP contribution is -1.91. The molecule has 0 radical (unpaired) electrons. The number of aromatic nitrogens is 1. The third-order valence-electron chi connectivity index (χ3n) is 3.61. The van der Waals surface area contributed by atoms with Gasteiger partial charge in [-0.1, -0.05) is 54.6 Å². The van der Waals surface area contributed by atoms with Gasteiger partial charge in [0, 0.05) is 11.6 Å². The van der Waals surface area contributed by atoms with Crippen LogP contribution < -0.4 is 0 Å². The maximum atomic E-state index is 2.26. The summed E-state index contributed by atoms with van der Waals surface area (Å²) in [6.45, 7) is 0. The van der Waals surface area contributed by atoms with Crippen LogP contribution >= 0.6 is 0 Å². The van der Waals surface area contributed by atoms with Crippen LogP contribution in [0.4, 0.5) is 0 Å². The monoisotopic (exact) mass is 243 g/mol. The van der Waals surface area contributed by atoms with Crippen LogP contribution in [0.2, 0.25) is 0 Å². The average Bonchev–Trinajstić information content (AvgIpc) is 2.97. The Balaban J connectivity index is 2.17. The molecule has 0 N–H and O–H groups in total. The Morgan fingerprint density at radius 2 is 1.47 bits per heavy atom. The molecule has 1 nitrogen and oxygen atoms in total. The van der Waals surface area contributed by atoms with Crippen LogP contribution in [0, 0.1) is 0 Å². The van der Waals surface area contributed by atoms with E-state index < -0.39 is 0 Å². The maximum Gasteiger partial charge on any atom is 0.0534 e. The Kier molecular flexibility index (Phi) is 2.18. The van der Waals surface area contributed by atoms with Crippen LogP contribution in [0.1, 0.15) is 0 Å². The molecule has 0 fully saturated rings. The standard InChI is InChI=1S/C18H13N/c1-2-7-14(8-3-1)18-13-15-9-4-5-10-16(15)17-11-6-12-19(17)18/h1-13H. The second-order valence-electron chi connectivity index (χ2n) is 4.75. The van der Waals surface area contributed by atoms with E-state index in [-0.39, 0.29) is 0 Å². The van der Waals surface area contributed by atoms with Crippen molar-refractivity contribution in [3.05, 3.63) is 79.0 Å². The summed E-state index contributed by atoms with van der Waals surface area (Å²) in [7, 11) is 0. The van der Waals surface area contributed by atoms with Gasteiger partial charge in [-0.25, -0.2) is 0 Å². The molecule has 0 saturated carbocycles. The van der Waals surface area contributed by atoms with E-state index in [2.05, 4.69) is 83.4 Å². The summed E-state index contributed by atoms with van der Waals surface area (Å²) in [5, 5.41) is 2.58. The van der Waals surface area contributed by atoms with E-state index in [0.717, 1.165) is 0 Å². The Morgan fingerprint density at radius 1 is 0.684 bits per heavy atom. The number of fused-ring (bicyclic) bond motifs is 3. The van der Waals surface area contributed by atoms with Gasteiger partial charge < -0.3 is 4.40 Å². The van der Waals surface area contributed by atoms with E-state index in [4.69, 9.17) is 0 Å². The summed E-state index contributed by atoms with van der Waals surface area (Å²) in [5.41, 5.74) is 3.74. The van der Waals surface area contributed by atoms with Crippen LogP contribution in [0.15, 0.2) is 79.0 Å². The summed E-state index contributed by atoms with van der Waals surface area (Å²) in [6, 6.07) is 25.6. The van der Waals surface area contributed by atoms with E-state index >= 15 is 0 Å². The van der Waals surface area contributed by atoms with Crippen LogP contribution in [-0.2, 0) is 0 Å². The molecule has 0 amide bonds. The van der Waals surface area contributed by atoms with Gasteiger partial charge >= 0.3 is 0 Å². The highest BCUT2D eigenvalue weighted by atomic mass is 14.9. The minimum Gasteiger partial charge on any atom is -0.316 e. The van der Waals surface area contributed by atoms with Crippen LogP contribution in [0.3, 0.4) is 0 Å². The van der Waals surface area contributed by atoms with Gasteiger partial charge in [-0.05, 0) is 29.1 Å². The van der Waals surface area contributed by atoms with Crippen molar-refractivity contribution in [2.75, 3.05) is 0 Å². The second kappa shape index (κ2) is 3.99. The van der Waals surface area contributed by atoms with E-state index in [1.165, 1.54) is 27.5 Å². The second-order valence-corrected chi connectivity index (χ2v) is 4.75. The molecule has 0 aliphatic rings. The van der Waals surface area contributed by atoms with Crippen LogP contribution in [-0.4, -0.2) is 4.40 Å². The Labute approximate surface area is 111 Å². The molecule has 19 heavy (non-hydrogen) atoms. The quantitative estimate of drug-likeness (QED) is 0.454. The highest BCUT2D eigenvalue weighted by Gasteiger charge is 2.06. The van der Waals surface area contributed by atoms with Gasteiger partial charge in [-0.3, -0.25) is 0 Å². The van der Waals surface area contributed by atoms with Crippen molar-refractivity contribution >= 4 is 16.3 Å². The van der Waals surface area contributed by atoms with E-state index in [9.17, 15) is 0 Å². The fraction of sp³-hybridized carbons (Fsp3) is 0. The van der Waals surface area contributed by atoms with E-state index in [1.807, 2.05) is 0 Å². The average molecular weight is 243 g/mol. The minimum absolute atomic E-state index is 1.24. The first-order chi connectivity index (χ1) is 9.43. The largest absolute Gasteiger partial charge is 0.316 e. The normalized spacial score (nSPS) is 11.2. The van der Waals surface area contributed by atoms with Gasteiger partial charge in [0.1, 0.15) is 0 Å². The molecule has 1 heteroatoms. The third kappa shape index (κ3) is 1.55. The Morgan fingerprint density at radius 3 is 2.37 bits per heavy atom. The summed E-state index contributed by atoms with van der Waals surface area (Å²) in [4.78, 5) is 0. The highest BCUT2D eigenvalue weighted by Crippen LogP contribution is 2.28. The number of rotatable bonds is 1. The molecule has 4 rings (SSSR count). The number of pyridine rings is 1. The smallest absolute Gasteiger partial charge is 0.0534 e. The number of hydrogen-bond donors (Lipinski definition) is 0. The molecular weight excluding hydrogens is 230 g/mol. The topological polar surface area (TPSA) is 4.41 Å². The molecule has 4 aromatic rings. The van der Waals surface area contributed by atoms with Crippen LogP contribution in [0.25, 0.3) is 27.5 Å². The molecule has 2 heterocycles. The van der Waals surface area contributed by atoms with Gasteiger partial charge in [0.2, 0.25) is 0 Å². The molecule has 0 aliphatic heterocycles. The van der Waals surface area contributed by atoms with Crippen molar-refractivity contribution in [2.45, 2.75) is 0 Å². The minimum atomic E-state index is 1.24. The van der Waals surface area contributed by atoms with Gasteiger partial charge in [0.25, 0.3) is 0 Å². The van der Waals surface area contributed by atoms with Crippen LogP contribution in [0.5, 0.6) is 0 Å². The molecular formula is C18H13N. The summed E-state index contributed by atoms with van der Waals surface area (Å²) < 4.78 is 2.26. The molecule has 2 aromatic heterocycles. The van der Waals surface area contributed by atoms with Gasteiger partial charge in [0.15, 0.2) is 0 Å². The zero-order valence-corrected chi connectivity index (χ0v) is 10.5. The molecule has 2 aromatic carbocycles. The van der Waals surface area contributed by atoms with Gasteiger partial charge in [-0.2, -0.15) is 0 Å². The van der Waals surface area contributed by atoms with Crippen molar-refractivity contribution in [1.29, 1.82) is 0 Å². The van der Waals surface area contributed by atoms with Crippen molar-refractivity contribution < 1.29 is 0 Å². The molecule has 90 valence electrons. The van der Waals surface area contributed by atoms with E-state index in [0.29, 0.717) is 0 Å². The Hall–Kier alpha value is -2.54. The van der Waals surface area contributed by atoms with Crippen molar-refractivity contribution in [1.82, 2.24) is 4.40 Å². The Bertz CT molecular complexity index is 857. The van der Waals surface area contributed by atoms with Gasteiger partial charge in [0.05, 0.1) is 11.2 Å². The number of nitrogens with zero attached hydrogens (tertiary/aromatic N) is 1. The molecule has 0 saturated heterocycles. The van der Waals surface area contributed by atoms with E-state index in [1.54, 1.807) is 0 Å². The highest BCUT2D eigenvalue weighted by molar-refractivity contribution is 5.98. The molecule has 0 unspecified atom stereocenters. The predicted octanol–water partition coefficient (Wildman–Crippen LogP) is 4.76. The first-order valence-electron chi connectivity index (χ1n) is 6.48. The third-order valence-corrected chi connectivity index (χ3v) is 3.61. The zero-order chi connectivity index (χ0) is 12.7. The lowest BCUT2D eigenvalue weighted by atomic mass is 10.1. The van der Waals surface area contributed by atoms with Crippen molar-refractivity contribution in [3.8, 4) is 11.3 Å². The van der Waals surface area contributed by atoms with Crippen molar-refractivity contribution in [2.24, 2.45) is 0 Å². The molecule has 0 atom stereocenters. The summed E-state index contributed by atoms with van der Waals surface area (Å²) in [6.07, 6.45) is 2.13. The summed E-state index contributed by atoms with van der Waals surface area (Å²) >= 11 is 0. The van der Waals surface area contributed by atoms with Gasteiger partial charge in [-0.15, -0.1) is 0 Å². The molecule has 0 aliphatic carbocycles. The SMILES string of the molecule is c1ccc(-c2cc3ccccc3c3cccn23)cc1. The maximum absolute atomic E-state index is 2.26. The zero-order valence-electron chi connectivity index (χ0n) is 10.5. The fourth-order valence-electron chi connectivity index (χ4n) is 2.71. The molecule has 0 bridgehead atoms. The predicted molar refractivity (Wildman–Crippen MR) is 80.3 cm³/mol. The van der Waals surface area contributed by atoms with Crippen molar-refractivity contribution in [3.63, 3.8) is 0 Å². The molecule has 0 spiro atoms. The lowest BCUT2D eigenvalue weighted by Gasteiger charge is -2.10.